The third kappa shape index (κ3) is 5.06. The smallest absolute Gasteiger partial charge is 0.227 e. The molecule has 2 N–H and O–H groups in total. The maximum absolute atomic E-state index is 12.5. The van der Waals surface area contributed by atoms with Crippen molar-refractivity contribution in [3.8, 4) is 0 Å². The van der Waals surface area contributed by atoms with Gasteiger partial charge in [0, 0.05) is 28.8 Å². The minimum atomic E-state index is -0.0875. The van der Waals surface area contributed by atoms with Crippen molar-refractivity contribution < 1.29 is 14.4 Å². The minimum Gasteiger partial charge on any atom is -0.326 e. The zero-order valence-corrected chi connectivity index (χ0v) is 16.3. The first kappa shape index (κ1) is 19.8. The first-order valence-electron chi connectivity index (χ1n) is 9.72. The highest BCUT2D eigenvalue weighted by Crippen LogP contribution is 2.30. The summed E-state index contributed by atoms with van der Waals surface area (Å²) in [5, 5.41) is 5.90. The number of anilines is 2. The highest BCUT2D eigenvalue weighted by Gasteiger charge is 2.30. The Labute approximate surface area is 165 Å². The molecule has 2 amide bonds. The van der Waals surface area contributed by atoms with Gasteiger partial charge in [-0.05, 0) is 81.5 Å². The normalized spacial score (nSPS) is 18.9. The molecule has 3 rings (SSSR count). The molecule has 5 heteroatoms. The summed E-state index contributed by atoms with van der Waals surface area (Å²) in [4.78, 5) is 36.3. The van der Waals surface area contributed by atoms with Crippen LogP contribution in [-0.4, -0.2) is 17.6 Å². The van der Waals surface area contributed by atoms with Gasteiger partial charge in [-0.1, -0.05) is 12.1 Å². The molecule has 0 bridgehead atoms. The molecule has 0 heterocycles. The lowest BCUT2D eigenvalue weighted by Gasteiger charge is -2.27. The van der Waals surface area contributed by atoms with Crippen molar-refractivity contribution in [3.63, 3.8) is 0 Å². The lowest BCUT2D eigenvalue weighted by Crippen LogP contribution is -2.32. The van der Waals surface area contributed by atoms with E-state index in [9.17, 15) is 14.4 Å². The monoisotopic (exact) mass is 378 g/mol. The Morgan fingerprint density at radius 2 is 1.32 bits per heavy atom. The van der Waals surface area contributed by atoms with Gasteiger partial charge in [0.2, 0.25) is 11.8 Å². The van der Waals surface area contributed by atoms with Gasteiger partial charge in [0.1, 0.15) is 0 Å². The molecule has 1 saturated carbocycles. The van der Waals surface area contributed by atoms with E-state index >= 15 is 0 Å². The van der Waals surface area contributed by atoms with Gasteiger partial charge in [0.05, 0.1) is 0 Å². The van der Waals surface area contributed by atoms with Gasteiger partial charge in [-0.3, -0.25) is 14.4 Å². The van der Waals surface area contributed by atoms with Gasteiger partial charge in [-0.25, -0.2) is 0 Å². The topological polar surface area (TPSA) is 75.3 Å². The molecule has 5 nitrogen and oxygen atoms in total. The molecule has 1 aliphatic rings. The highest BCUT2D eigenvalue weighted by molar-refractivity contribution is 5.96. The zero-order valence-electron chi connectivity index (χ0n) is 16.3. The third-order valence-corrected chi connectivity index (χ3v) is 5.31. The lowest BCUT2D eigenvalue weighted by molar-refractivity contribution is -0.125. The molecule has 0 aliphatic heterocycles. The van der Waals surface area contributed by atoms with Gasteiger partial charge in [-0.15, -0.1) is 0 Å². The summed E-state index contributed by atoms with van der Waals surface area (Å²) in [6.07, 6.45) is 2.81. The van der Waals surface area contributed by atoms with Crippen LogP contribution >= 0.6 is 0 Å². The maximum atomic E-state index is 12.5. The van der Waals surface area contributed by atoms with Crippen LogP contribution in [0.3, 0.4) is 0 Å². The van der Waals surface area contributed by atoms with Crippen LogP contribution in [0, 0.1) is 18.8 Å². The first-order valence-corrected chi connectivity index (χ1v) is 9.72. The van der Waals surface area contributed by atoms with Crippen LogP contribution in [-0.2, 0) is 9.59 Å². The van der Waals surface area contributed by atoms with Crippen molar-refractivity contribution >= 4 is 29.0 Å². The Hall–Kier alpha value is -2.95. The van der Waals surface area contributed by atoms with Crippen LogP contribution in [0.15, 0.2) is 48.5 Å². The van der Waals surface area contributed by atoms with E-state index < -0.39 is 0 Å². The number of rotatable bonds is 5. The van der Waals surface area contributed by atoms with E-state index in [0.717, 1.165) is 11.3 Å². The fraction of sp³-hybridized carbons (Fsp3) is 0.348. The van der Waals surface area contributed by atoms with Crippen molar-refractivity contribution in [1.29, 1.82) is 0 Å². The summed E-state index contributed by atoms with van der Waals surface area (Å²) >= 11 is 0. The molecule has 0 aromatic heterocycles. The molecule has 1 aliphatic carbocycles. The van der Waals surface area contributed by atoms with Crippen LogP contribution in [0.5, 0.6) is 0 Å². The zero-order chi connectivity index (χ0) is 20.1. The van der Waals surface area contributed by atoms with E-state index in [1.807, 2.05) is 31.2 Å². The van der Waals surface area contributed by atoms with Crippen LogP contribution in [0.1, 0.15) is 48.5 Å². The Morgan fingerprint density at radius 1 is 0.786 bits per heavy atom. The average molecular weight is 378 g/mol. The van der Waals surface area contributed by atoms with Gasteiger partial charge >= 0.3 is 0 Å². The van der Waals surface area contributed by atoms with Gasteiger partial charge in [0.25, 0.3) is 0 Å². The maximum Gasteiger partial charge on any atom is 0.227 e. The van der Waals surface area contributed by atoms with Crippen molar-refractivity contribution in [3.05, 3.63) is 59.7 Å². The highest BCUT2D eigenvalue weighted by atomic mass is 16.2. The molecular weight excluding hydrogens is 352 g/mol. The van der Waals surface area contributed by atoms with Crippen LogP contribution in [0.4, 0.5) is 11.4 Å². The predicted molar refractivity (Wildman–Crippen MR) is 110 cm³/mol. The molecule has 0 atom stereocenters. The SMILES string of the molecule is CC(=O)c1ccc(NC(=O)C2CCC(C(=O)Nc3cccc(C)c3)CC2)cc1. The van der Waals surface area contributed by atoms with E-state index in [2.05, 4.69) is 10.6 Å². The van der Waals surface area contributed by atoms with E-state index in [4.69, 9.17) is 0 Å². The Balaban J connectivity index is 1.49. The quantitative estimate of drug-likeness (QED) is 0.748. The number of hydrogen-bond acceptors (Lipinski definition) is 3. The molecule has 0 spiro atoms. The number of benzene rings is 2. The van der Waals surface area contributed by atoms with Crippen molar-refractivity contribution in [1.82, 2.24) is 0 Å². The summed E-state index contributed by atoms with van der Waals surface area (Å²) in [6.45, 7) is 3.51. The second-order valence-electron chi connectivity index (χ2n) is 7.53. The predicted octanol–water partition coefficient (Wildman–Crippen LogP) is 4.58. The number of nitrogens with one attached hydrogen (secondary N) is 2. The molecule has 0 saturated heterocycles. The summed E-state index contributed by atoms with van der Waals surface area (Å²) in [7, 11) is 0. The number of ketones is 1. The molecule has 0 radical (unpaired) electrons. The molecule has 1 fully saturated rings. The molecule has 0 unspecified atom stereocenters. The molecule has 146 valence electrons. The Kier molecular flexibility index (Phi) is 6.24. The molecular formula is C23H26N2O3. The Bertz CT molecular complexity index is 866. The molecule has 2 aromatic carbocycles. The first-order chi connectivity index (χ1) is 13.4. The van der Waals surface area contributed by atoms with Crippen LogP contribution in [0.2, 0.25) is 0 Å². The second-order valence-corrected chi connectivity index (χ2v) is 7.53. The van der Waals surface area contributed by atoms with Gasteiger partial charge in [0.15, 0.2) is 5.78 Å². The fourth-order valence-electron chi connectivity index (χ4n) is 3.62. The number of Topliss-reactive ketones (excluding diaryl/α,β-unsaturated/α-hetero) is 1. The van der Waals surface area contributed by atoms with Gasteiger partial charge < -0.3 is 10.6 Å². The number of aryl methyl sites for hydroxylation is 1. The van der Waals surface area contributed by atoms with Crippen molar-refractivity contribution in [2.45, 2.75) is 39.5 Å². The molecule has 28 heavy (non-hydrogen) atoms. The van der Waals surface area contributed by atoms with E-state index in [1.54, 1.807) is 24.3 Å². The van der Waals surface area contributed by atoms with E-state index in [0.29, 0.717) is 36.9 Å². The number of carbonyl (C=O) groups excluding carboxylic acids is 3. The summed E-state index contributed by atoms with van der Waals surface area (Å²) in [6, 6.07) is 14.7. The number of carbonyl (C=O) groups is 3. The lowest BCUT2D eigenvalue weighted by atomic mass is 9.81. The average Bonchev–Trinajstić information content (AvgIpc) is 2.68. The molecule has 2 aromatic rings. The number of hydrogen-bond donors (Lipinski definition) is 2. The number of amides is 2. The van der Waals surface area contributed by atoms with Crippen molar-refractivity contribution in [2.24, 2.45) is 11.8 Å². The fourth-order valence-corrected chi connectivity index (χ4v) is 3.62. The summed E-state index contributed by atoms with van der Waals surface area (Å²) in [5.74, 6) is -0.132. The van der Waals surface area contributed by atoms with E-state index in [1.165, 1.54) is 6.92 Å². The van der Waals surface area contributed by atoms with E-state index in [-0.39, 0.29) is 29.4 Å². The third-order valence-electron chi connectivity index (χ3n) is 5.31. The van der Waals surface area contributed by atoms with Crippen LogP contribution in [0.25, 0.3) is 0 Å². The minimum absolute atomic E-state index is 0.000128. The van der Waals surface area contributed by atoms with Crippen LogP contribution < -0.4 is 10.6 Å². The summed E-state index contributed by atoms with van der Waals surface area (Å²) < 4.78 is 0. The summed E-state index contributed by atoms with van der Waals surface area (Å²) in [5.41, 5.74) is 3.24. The standard InChI is InChI=1S/C23H26N2O3/c1-15-4-3-5-21(14-15)25-23(28)19-8-6-18(7-9-19)22(27)24-20-12-10-17(11-13-20)16(2)26/h3-5,10-14,18-19H,6-9H2,1-2H3,(H,24,27)(H,25,28). The van der Waals surface area contributed by atoms with Gasteiger partial charge in [-0.2, -0.15) is 0 Å². The largest absolute Gasteiger partial charge is 0.326 e. The second kappa shape index (κ2) is 8.83. The Morgan fingerprint density at radius 3 is 1.82 bits per heavy atom. The van der Waals surface area contributed by atoms with Crippen molar-refractivity contribution in [2.75, 3.05) is 10.6 Å².